The van der Waals surface area contributed by atoms with Crippen LogP contribution >= 0.6 is 11.6 Å². The molecule has 0 amide bonds. The molecule has 1 saturated heterocycles. The zero-order valence-electron chi connectivity index (χ0n) is 15.9. The third-order valence-electron chi connectivity index (χ3n) is 5.46. The van der Waals surface area contributed by atoms with Gasteiger partial charge in [0.2, 0.25) is 5.28 Å². The Labute approximate surface area is 171 Å². The molecule has 1 atom stereocenters. The summed E-state index contributed by atoms with van der Waals surface area (Å²) in [5.74, 6) is 0.959. The molecule has 0 saturated carbocycles. The predicted octanol–water partition coefficient (Wildman–Crippen LogP) is 2.77. The predicted molar refractivity (Wildman–Crippen MR) is 110 cm³/mol. The lowest BCUT2D eigenvalue weighted by Crippen LogP contribution is -2.51. The first-order valence-corrected chi connectivity index (χ1v) is 10.3. The van der Waals surface area contributed by atoms with Gasteiger partial charge in [-0.1, -0.05) is 30.3 Å². The Morgan fingerprint density at radius 2 is 2.07 bits per heavy atom. The lowest BCUT2D eigenvalue weighted by Gasteiger charge is -2.35. The van der Waals surface area contributed by atoms with Crippen molar-refractivity contribution in [2.24, 2.45) is 0 Å². The number of hydrogen-bond donors (Lipinski definition) is 1. The lowest BCUT2D eigenvalue weighted by atomic mass is 10.1. The molecule has 2 aliphatic rings. The first kappa shape index (κ1) is 19.1. The third kappa shape index (κ3) is 4.44. The number of anilines is 1. The maximum absolute atomic E-state index is 9.04. The van der Waals surface area contributed by atoms with E-state index in [4.69, 9.17) is 16.9 Å². The molecule has 0 aliphatic carbocycles. The molecule has 7 heteroatoms. The van der Waals surface area contributed by atoms with Gasteiger partial charge in [0.1, 0.15) is 5.82 Å². The van der Waals surface area contributed by atoms with Crippen LogP contribution in [0.1, 0.15) is 29.7 Å². The van der Waals surface area contributed by atoms with Gasteiger partial charge in [-0.2, -0.15) is 5.26 Å². The molecule has 0 radical (unpaired) electrons. The van der Waals surface area contributed by atoms with Crippen molar-refractivity contribution in [3.63, 3.8) is 0 Å². The van der Waals surface area contributed by atoms with Crippen molar-refractivity contribution in [3.8, 4) is 6.07 Å². The highest BCUT2D eigenvalue weighted by molar-refractivity contribution is 6.28. The molecule has 1 aromatic carbocycles. The third-order valence-corrected chi connectivity index (χ3v) is 5.63. The number of aromatic nitrogens is 2. The van der Waals surface area contributed by atoms with Gasteiger partial charge in [0.15, 0.2) is 0 Å². The van der Waals surface area contributed by atoms with Crippen LogP contribution in [0.3, 0.4) is 0 Å². The summed E-state index contributed by atoms with van der Waals surface area (Å²) in [6.45, 7) is 5.22. The number of rotatable bonds is 4. The summed E-state index contributed by atoms with van der Waals surface area (Å²) in [6.07, 6.45) is 2.54. The molecule has 2 aromatic rings. The number of nitrogens with zero attached hydrogens (tertiary/aromatic N) is 5. The number of halogens is 1. The van der Waals surface area contributed by atoms with Crippen molar-refractivity contribution >= 4 is 17.4 Å². The van der Waals surface area contributed by atoms with Crippen molar-refractivity contribution in [3.05, 3.63) is 52.4 Å². The van der Waals surface area contributed by atoms with E-state index in [1.807, 2.05) is 6.07 Å². The zero-order valence-corrected chi connectivity index (χ0v) is 16.7. The van der Waals surface area contributed by atoms with Crippen molar-refractivity contribution in [1.29, 1.82) is 5.26 Å². The summed E-state index contributed by atoms with van der Waals surface area (Å²) >= 11 is 6.32. The summed E-state index contributed by atoms with van der Waals surface area (Å²) in [5.41, 5.74) is 3.57. The SMILES string of the molecule is N#CCC1CN(c2nc(Cl)nc3c2CCCN(Cc2ccccc2)C3)CCN1. The van der Waals surface area contributed by atoms with Crippen molar-refractivity contribution in [2.75, 3.05) is 31.1 Å². The normalized spacial score (nSPS) is 20.3. The minimum Gasteiger partial charge on any atom is -0.353 e. The van der Waals surface area contributed by atoms with Crippen LogP contribution in [0.15, 0.2) is 30.3 Å². The molecule has 0 bridgehead atoms. The van der Waals surface area contributed by atoms with Crippen LogP contribution in [0.25, 0.3) is 0 Å². The monoisotopic (exact) mass is 396 g/mol. The summed E-state index contributed by atoms with van der Waals surface area (Å²) in [4.78, 5) is 13.9. The number of fused-ring (bicyclic) bond motifs is 1. The smallest absolute Gasteiger partial charge is 0.224 e. The molecular formula is C21H25ClN6. The van der Waals surface area contributed by atoms with Crippen molar-refractivity contribution in [1.82, 2.24) is 20.2 Å². The van der Waals surface area contributed by atoms with E-state index < -0.39 is 0 Å². The maximum Gasteiger partial charge on any atom is 0.224 e. The van der Waals surface area contributed by atoms with E-state index in [9.17, 15) is 0 Å². The van der Waals surface area contributed by atoms with Gasteiger partial charge in [-0.05, 0) is 36.6 Å². The number of nitrogens with one attached hydrogen (secondary N) is 1. The Morgan fingerprint density at radius 3 is 2.89 bits per heavy atom. The van der Waals surface area contributed by atoms with Gasteiger partial charge >= 0.3 is 0 Å². The van der Waals surface area contributed by atoms with E-state index >= 15 is 0 Å². The molecule has 1 N–H and O–H groups in total. The Kier molecular flexibility index (Phi) is 6.06. The molecule has 0 spiro atoms. The fraction of sp³-hybridized carbons (Fsp3) is 0.476. The van der Waals surface area contributed by atoms with E-state index in [2.05, 4.69) is 55.4 Å². The van der Waals surface area contributed by atoms with Crippen LogP contribution in [0.2, 0.25) is 5.28 Å². The fourth-order valence-corrected chi connectivity index (χ4v) is 4.33. The second kappa shape index (κ2) is 8.87. The van der Waals surface area contributed by atoms with E-state index in [0.29, 0.717) is 11.7 Å². The average molecular weight is 397 g/mol. The molecule has 6 nitrogen and oxygen atoms in total. The average Bonchev–Trinajstić information content (AvgIpc) is 2.90. The highest BCUT2D eigenvalue weighted by Gasteiger charge is 2.26. The first-order chi connectivity index (χ1) is 13.7. The molecule has 1 aromatic heterocycles. The van der Waals surface area contributed by atoms with Gasteiger partial charge in [0, 0.05) is 44.3 Å². The van der Waals surface area contributed by atoms with Crippen LogP contribution in [0.5, 0.6) is 0 Å². The Hall–Kier alpha value is -2.20. The van der Waals surface area contributed by atoms with E-state index in [1.165, 1.54) is 11.1 Å². The first-order valence-electron chi connectivity index (χ1n) is 9.90. The molecule has 3 heterocycles. The topological polar surface area (TPSA) is 68.1 Å². The lowest BCUT2D eigenvalue weighted by molar-refractivity contribution is 0.258. The molecule has 1 fully saturated rings. The minimum atomic E-state index is 0.170. The molecular weight excluding hydrogens is 372 g/mol. The molecule has 1 unspecified atom stereocenters. The molecule has 4 rings (SSSR count). The fourth-order valence-electron chi connectivity index (χ4n) is 4.15. The minimum absolute atomic E-state index is 0.170. The van der Waals surface area contributed by atoms with Crippen molar-refractivity contribution < 1.29 is 0 Å². The van der Waals surface area contributed by atoms with Crippen molar-refractivity contribution in [2.45, 2.75) is 38.4 Å². The molecule has 2 aliphatic heterocycles. The zero-order chi connectivity index (χ0) is 19.3. The number of hydrogen-bond acceptors (Lipinski definition) is 6. The Bertz CT molecular complexity index is 850. The number of benzene rings is 1. The summed E-state index contributed by atoms with van der Waals surface area (Å²) < 4.78 is 0. The summed E-state index contributed by atoms with van der Waals surface area (Å²) in [5, 5.41) is 12.8. The highest BCUT2D eigenvalue weighted by atomic mass is 35.5. The van der Waals surface area contributed by atoms with E-state index in [1.54, 1.807) is 0 Å². The van der Waals surface area contributed by atoms with E-state index in [0.717, 1.165) is 63.6 Å². The van der Waals surface area contributed by atoms with Gasteiger partial charge in [0.25, 0.3) is 0 Å². The highest BCUT2D eigenvalue weighted by Crippen LogP contribution is 2.29. The second-order valence-electron chi connectivity index (χ2n) is 7.50. The number of piperazine rings is 1. The van der Waals surface area contributed by atoms with Gasteiger partial charge in [-0.3, -0.25) is 4.90 Å². The summed E-state index contributed by atoms with van der Waals surface area (Å²) in [6, 6.07) is 13.0. The van der Waals surface area contributed by atoms with Crippen LogP contribution in [0, 0.1) is 11.3 Å². The van der Waals surface area contributed by atoms with Crippen LogP contribution in [-0.4, -0.2) is 47.1 Å². The standard InChI is InChI=1S/C21H25ClN6/c22-21-25-19-15-27(13-16-5-2-1-3-6-16)11-4-7-18(19)20(26-21)28-12-10-24-17(14-28)8-9-23/h1-3,5-6,17,24H,4,7-8,10-15H2. The Balaban J connectivity index is 1.57. The van der Waals surface area contributed by atoms with Crippen LogP contribution < -0.4 is 10.2 Å². The Morgan fingerprint density at radius 1 is 1.21 bits per heavy atom. The van der Waals surface area contributed by atoms with Crippen LogP contribution in [0.4, 0.5) is 5.82 Å². The van der Waals surface area contributed by atoms with Crippen LogP contribution in [-0.2, 0) is 19.5 Å². The largest absolute Gasteiger partial charge is 0.353 e. The van der Waals surface area contributed by atoms with Gasteiger partial charge < -0.3 is 10.2 Å². The molecule has 28 heavy (non-hydrogen) atoms. The van der Waals surface area contributed by atoms with Gasteiger partial charge in [-0.25, -0.2) is 9.97 Å². The second-order valence-corrected chi connectivity index (χ2v) is 7.84. The quantitative estimate of drug-likeness (QED) is 0.801. The van der Waals surface area contributed by atoms with Gasteiger partial charge in [0.05, 0.1) is 18.2 Å². The molecule has 146 valence electrons. The number of nitriles is 1. The maximum atomic E-state index is 9.04. The summed E-state index contributed by atoms with van der Waals surface area (Å²) in [7, 11) is 0. The van der Waals surface area contributed by atoms with Gasteiger partial charge in [-0.15, -0.1) is 0 Å². The van der Waals surface area contributed by atoms with E-state index in [-0.39, 0.29) is 6.04 Å².